The van der Waals surface area contributed by atoms with Gasteiger partial charge in [0, 0.05) is 53.7 Å². The molecule has 11 rings (SSSR count). The van der Waals surface area contributed by atoms with Crippen molar-refractivity contribution < 1.29 is 0 Å². The quantitative estimate of drug-likeness (QED) is 0.163. The maximum atomic E-state index is 2.50. The van der Waals surface area contributed by atoms with Gasteiger partial charge in [-0.05, 0) is 124 Å². The molecule has 3 heteroatoms. The summed E-state index contributed by atoms with van der Waals surface area (Å²) in [5, 5.41) is 5.18. The first-order valence-corrected chi connectivity index (χ1v) is 21.7. The molecule has 2 heterocycles. The number of para-hydroxylation sites is 1. The van der Waals surface area contributed by atoms with Crippen LogP contribution in [0.25, 0.3) is 69.9 Å². The molecule has 1 aliphatic carbocycles. The molecule has 286 valence electrons. The summed E-state index contributed by atoms with van der Waals surface area (Å²) in [6.07, 6.45) is 2.39. The lowest BCUT2D eigenvalue weighted by molar-refractivity contribution is 0.332. The lowest BCUT2D eigenvalue weighted by atomic mass is 9.63. The maximum Gasteiger partial charge on any atom is 0.0561 e. The van der Waals surface area contributed by atoms with Gasteiger partial charge in [0.25, 0.3) is 0 Å². The van der Waals surface area contributed by atoms with Gasteiger partial charge in [-0.15, -0.1) is 11.3 Å². The Hall–Kier alpha value is -6.42. The highest BCUT2D eigenvalue weighted by Crippen LogP contribution is 2.48. The second-order valence-corrected chi connectivity index (χ2v) is 18.7. The Morgan fingerprint density at radius 3 is 1.80 bits per heavy atom. The third kappa shape index (κ3) is 5.90. The van der Waals surface area contributed by atoms with E-state index in [1.54, 1.807) is 0 Å². The number of thiophene rings is 1. The van der Waals surface area contributed by atoms with Gasteiger partial charge in [0.15, 0.2) is 0 Å². The van der Waals surface area contributed by atoms with E-state index in [-0.39, 0.29) is 10.8 Å². The molecular formula is C56H46N2S. The number of rotatable bonds is 6. The molecule has 0 N–H and O–H groups in total. The fourth-order valence-electron chi connectivity index (χ4n) is 9.78. The van der Waals surface area contributed by atoms with Crippen molar-refractivity contribution in [3.63, 3.8) is 0 Å². The van der Waals surface area contributed by atoms with Gasteiger partial charge in [-0.1, -0.05) is 143 Å². The molecule has 0 fully saturated rings. The molecule has 0 saturated carbocycles. The molecule has 2 aromatic heterocycles. The number of fused-ring (bicyclic) bond motifs is 7. The molecule has 0 spiro atoms. The number of benzene rings is 8. The first kappa shape index (κ1) is 35.7. The maximum absolute atomic E-state index is 2.50. The topological polar surface area (TPSA) is 8.17 Å². The van der Waals surface area contributed by atoms with Crippen LogP contribution in [-0.4, -0.2) is 4.57 Å². The number of anilines is 3. The Kier molecular flexibility index (Phi) is 8.22. The van der Waals surface area contributed by atoms with Crippen molar-refractivity contribution in [1.29, 1.82) is 0 Å². The van der Waals surface area contributed by atoms with Crippen LogP contribution in [0.5, 0.6) is 0 Å². The van der Waals surface area contributed by atoms with Crippen LogP contribution in [0.4, 0.5) is 17.1 Å². The van der Waals surface area contributed by atoms with Gasteiger partial charge in [-0.3, -0.25) is 0 Å². The van der Waals surface area contributed by atoms with Crippen LogP contribution < -0.4 is 4.90 Å². The summed E-state index contributed by atoms with van der Waals surface area (Å²) in [7, 11) is 0. The van der Waals surface area contributed by atoms with Crippen LogP contribution in [0.15, 0.2) is 182 Å². The van der Waals surface area contributed by atoms with Gasteiger partial charge < -0.3 is 9.47 Å². The average molecular weight is 779 g/mol. The zero-order valence-electron chi connectivity index (χ0n) is 34.0. The minimum absolute atomic E-state index is 0.113. The Labute approximate surface area is 350 Å². The van der Waals surface area contributed by atoms with E-state index in [0.29, 0.717) is 0 Å². The molecule has 10 aromatic rings. The molecule has 0 unspecified atom stereocenters. The van der Waals surface area contributed by atoms with Gasteiger partial charge in [0.2, 0.25) is 0 Å². The van der Waals surface area contributed by atoms with Crippen LogP contribution in [0.2, 0.25) is 0 Å². The number of hydrogen-bond acceptors (Lipinski definition) is 2. The molecule has 2 nitrogen and oxygen atoms in total. The van der Waals surface area contributed by atoms with Crippen LogP contribution in [0, 0.1) is 0 Å². The smallest absolute Gasteiger partial charge is 0.0561 e. The average Bonchev–Trinajstić information content (AvgIpc) is 3.82. The largest absolute Gasteiger partial charge is 0.310 e. The van der Waals surface area contributed by atoms with Crippen molar-refractivity contribution in [2.45, 2.75) is 51.4 Å². The van der Waals surface area contributed by atoms with E-state index >= 15 is 0 Å². The Balaban J connectivity index is 1.09. The highest BCUT2D eigenvalue weighted by molar-refractivity contribution is 7.25. The van der Waals surface area contributed by atoms with Gasteiger partial charge in [0.1, 0.15) is 0 Å². The molecule has 0 amide bonds. The van der Waals surface area contributed by atoms with E-state index in [1.165, 1.54) is 93.9 Å². The zero-order chi connectivity index (χ0) is 39.9. The fourth-order valence-corrected chi connectivity index (χ4v) is 10.9. The first-order valence-electron chi connectivity index (χ1n) is 20.9. The van der Waals surface area contributed by atoms with Crippen molar-refractivity contribution in [2.75, 3.05) is 4.90 Å². The molecule has 1 aliphatic rings. The highest BCUT2D eigenvalue weighted by atomic mass is 32.1. The van der Waals surface area contributed by atoms with Crippen molar-refractivity contribution in [2.24, 2.45) is 0 Å². The lowest BCUT2D eigenvalue weighted by Crippen LogP contribution is -2.33. The van der Waals surface area contributed by atoms with Crippen LogP contribution in [-0.2, 0) is 10.8 Å². The van der Waals surface area contributed by atoms with Crippen LogP contribution in [0.1, 0.15) is 51.7 Å². The van der Waals surface area contributed by atoms with Crippen LogP contribution >= 0.6 is 11.3 Å². The predicted molar refractivity (Wildman–Crippen MR) is 255 cm³/mol. The molecular weight excluding hydrogens is 733 g/mol. The van der Waals surface area contributed by atoms with Gasteiger partial charge >= 0.3 is 0 Å². The molecule has 0 bridgehead atoms. The van der Waals surface area contributed by atoms with E-state index in [1.807, 2.05) is 11.3 Å². The third-order valence-electron chi connectivity index (χ3n) is 13.1. The Morgan fingerprint density at radius 1 is 0.441 bits per heavy atom. The third-order valence-corrected chi connectivity index (χ3v) is 14.2. The van der Waals surface area contributed by atoms with Crippen LogP contribution in [0.3, 0.4) is 0 Å². The predicted octanol–water partition coefficient (Wildman–Crippen LogP) is 16.3. The van der Waals surface area contributed by atoms with E-state index in [0.717, 1.165) is 17.1 Å². The summed E-state index contributed by atoms with van der Waals surface area (Å²) >= 11 is 1.87. The van der Waals surface area contributed by atoms with Crippen molar-refractivity contribution in [1.82, 2.24) is 4.57 Å². The fraction of sp³-hybridized carbons (Fsp3) is 0.143. The summed E-state index contributed by atoms with van der Waals surface area (Å²) in [5.74, 6) is 0. The number of nitrogens with zero attached hydrogens (tertiary/aromatic N) is 2. The highest BCUT2D eigenvalue weighted by Gasteiger charge is 2.37. The summed E-state index contributed by atoms with van der Waals surface area (Å²) in [6, 6.07) is 67.5. The first-order chi connectivity index (χ1) is 28.7. The van der Waals surface area contributed by atoms with E-state index in [4.69, 9.17) is 0 Å². The second-order valence-electron chi connectivity index (χ2n) is 17.6. The molecule has 59 heavy (non-hydrogen) atoms. The summed E-state index contributed by atoms with van der Waals surface area (Å²) in [5.41, 5.74) is 15.1. The summed E-state index contributed by atoms with van der Waals surface area (Å²) in [6.45, 7) is 9.66. The summed E-state index contributed by atoms with van der Waals surface area (Å²) in [4.78, 5) is 2.42. The molecule has 8 aromatic carbocycles. The normalized spacial score (nSPS) is 14.6. The monoisotopic (exact) mass is 778 g/mol. The second kappa shape index (κ2) is 13.6. The number of hydrogen-bond donors (Lipinski definition) is 0. The van der Waals surface area contributed by atoms with Gasteiger partial charge in [-0.25, -0.2) is 0 Å². The SMILES string of the molecule is CC1(C)CCC(C)(C)c2cc(-n3c4ccccc4c4ccc(N(c5ccc(-c6ccccc6)cc5)c5ccc(-c6cccc7sc8ccccc8c67)cc5)cc43)ccc21. The number of aromatic nitrogens is 1. The standard InChI is InChI=1S/C56H46N2S/c1-55(2)33-34-56(3,4)49-35-42(30-32-48(49)55)58-50-18-10-8-15-45(50)46-31-29-43(36-51(46)58)57(40-25-21-38(22-26-40)37-13-6-5-7-14-37)41-27-23-39(24-28-41)44-17-12-20-53-54(44)47-16-9-11-19-52(47)59-53/h5-32,35-36H,33-34H2,1-4H3. The Bertz CT molecular complexity index is 3200. The van der Waals surface area contributed by atoms with E-state index < -0.39 is 0 Å². The molecule has 0 saturated heterocycles. The van der Waals surface area contributed by atoms with Crippen molar-refractivity contribution in [3.8, 4) is 27.9 Å². The molecule has 0 aliphatic heterocycles. The summed E-state index contributed by atoms with van der Waals surface area (Å²) < 4.78 is 5.15. The zero-order valence-corrected chi connectivity index (χ0v) is 34.9. The van der Waals surface area contributed by atoms with E-state index in [9.17, 15) is 0 Å². The van der Waals surface area contributed by atoms with E-state index in [2.05, 4.69) is 219 Å². The minimum Gasteiger partial charge on any atom is -0.310 e. The van der Waals surface area contributed by atoms with Crippen molar-refractivity contribution >= 4 is 70.4 Å². The molecule has 0 radical (unpaired) electrons. The van der Waals surface area contributed by atoms with Crippen molar-refractivity contribution in [3.05, 3.63) is 193 Å². The van der Waals surface area contributed by atoms with Gasteiger partial charge in [0.05, 0.1) is 11.0 Å². The minimum atomic E-state index is 0.113. The van der Waals surface area contributed by atoms with Gasteiger partial charge in [-0.2, -0.15) is 0 Å². The lowest BCUT2D eigenvalue weighted by Gasteiger charge is -2.42. The Morgan fingerprint density at radius 2 is 1.03 bits per heavy atom. The molecule has 0 atom stereocenters.